The number of fused-ring (bicyclic) bond motifs is 3. The molecule has 0 amide bonds. The fourth-order valence-corrected chi connectivity index (χ4v) is 7.72. The summed E-state index contributed by atoms with van der Waals surface area (Å²) in [6.45, 7) is 3.83. The Hall–Kier alpha value is -2.33. The highest BCUT2D eigenvalue weighted by atomic mass is 32.2. The number of hydrogen-bond acceptors (Lipinski definition) is 9. The first-order chi connectivity index (χ1) is 17.1. The Labute approximate surface area is 208 Å². The van der Waals surface area contributed by atoms with Crippen molar-refractivity contribution in [2.75, 3.05) is 53.7 Å². The highest BCUT2D eigenvalue weighted by Crippen LogP contribution is 2.39. The van der Waals surface area contributed by atoms with Crippen LogP contribution in [-0.4, -0.2) is 73.3 Å². The fraction of sp³-hybridized carbons (Fsp3) is 0.680. The molecule has 7 rings (SSSR count). The molecule has 3 atom stereocenters. The molecule has 0 aromatic carbocycles. The van der Waals surface area contributed by atoms with Gasteiger partial charge in [0, 0.05) is 55.7 Å². The Morgan fingerprint density at radius 3 is 2.31 bits per heavy atom. The molecule has 0 radical (unpaired) electrons. The van der Waals surface area contributed by atoms with E-state index < -0.39 is 10.8 Å². The molecule has 5 heterocycles. The first-order valence-corrected chi connectivity index (χ1v) is 14.5. The second kappa shape index (κ2) is 8.37. The van der Waals surface area contributed by atoms with Crippen LogP contribution in [-0.2, 0) is 30.1 Å². The Balaban J connectivity index is 1.14. The van der Waals surface area contributed by atoms with Gasteiger partial charge in [-0.2, -0.15) is 4.98 Å². The van der Waals surface area contributed by atoms with Crippen LogP contribution in [0.4, 0.5) is 17.7 Å². The van der Waals surface area contributed by atoms with E-state index in [0.717, 1.165) is 100 Å². The minimum Gasteiger partial charge on any atom is -0.394 e. The summed E-state index contributed by atoms with van der Waals surface area (Å²) in [4.78, 5) is 24.8. The zero-order valence-electron chi connectivity index (χ0n) is 20.1. The van der Waals surface area contributed by atoms with Gasteiger partial charge in [0.1, 0.15) is 10.7 Å². The summed E-state index contributed by atoms with van der Waals surface area (Å²) in [7, 11) is -1.11. The third-order valence-electron chi connectivity index (χ3n) is 8.77. The highest BCUT2D eigenvalue weighted by molar-refractivity contribution is 7.85. The third-order valence-corrected chi connectivity index (χ3v) is 10.3. The minimum atomic E-state index is -1.11. The maximum absolute atomic E-state index is 13.1. The number of aliphatic hydroxyl groups is 1. The Morgan fingerprint density at radius 1 is 0.943 bits per heavy atom. The van der Waals surface area contributed by atoms with Gasteiger partial charge >= 0.3 is 0 Å². The van der Waals surface area contributed by atoms with Crippen LogP contribution < -0.4 is 15.1 Å². The third kappa shape index (κ3) is 3.71. The summed E-state index contributed by atoms with van der Waals surface area (Å²) in [5, 5.41) is 13.6. The number of aromatic nitrogens is 4. The average Bonchev–Trinajstić information content (AvgIpc) is 3.33. The van der Waals surface area contributed by atoms with E-state index in [1.165, 1.54) is 11.3 Å². The molecular formula is C25H33N7O2S. The first kappa shape index (κ1) is 21.9. The lowest BCUT2D eigenvalue weighted by atomic mass is 9.77. The molecule has 10 heteroatoms. The van der Waals surface area contributed by atoms with Gasteiger partial charge in [0.25, 0.3) is 0 Å². The van der Waals surface area contributed by atoms with Gasteiger partial charge in [-0.05, 0) is 56.9 Å². The molecule has 2 aromatic rings. The lowest BCUT2D eigenvalue weighted by Gasteiger charge is -2.42. The van der Waals surface area contributed by atoms with Crippen molar-refractivity contribution >= 4 is 28.5 Å². The summed E-state index contributed by atoms with van der Waals surface area (Å²) >= 11 is 0. The van der Waals surface area contributed by atoms with Gasteiger partial charge in [-0.25, -0.2) is 15.0 Å². The summed E-state index contributed by atoms with van der Waals surface area (Å²) in [5.74, 6) is 4.05. The van der Waals surface area contributed by atoms with Gasteiger partial charge in [0.2, 0.25) is 11.9 Å². The Morgan fingerprint density at radius 2 is 1.69 bits per heavy atom. The SMILES string of the molecule is O=[S@@]1CCCCc2nc(N3CC4CN(c5ncc6c(n5)CC6)CC4C3)nc(NC3(CO)CCC3)c21. The van der Waals surface area contributed by atoms with Crippen molar-refractivity contribution in [2.24, 2.45) is 11.8 Å². The zero-order valence-corrected chi connectivity index (χ0v) is 20.9. The van der Waals surface area contributed by atoms with Gasteiger partial charge in [0.05, 0.1) is 28.6 Å². The maximum Gasteiger partial charge on any atom is 0.227 e. The number of nitrogens with one attached hydrogen (secondary N) is 1. The second-order valence-electron chi connectivity index (χ2n) is 11.0. The van der Waals surface area contributed by atoms with Crippen LogP contribution in [0.15, 0.2) is 11.1 Å². The molecule has 1 saturated carbocycles. The summed E-state index contributed by atoms with van der Waals surface area (Å²) in [6.07, 6.45) is 9.90. The molecule has 3 aliphatic heterocycles. The van der Waals surface area contributed by atoms with Crippen LogP contribution in [0.5, 0.6) is 0 Å². The van der Waals surface area contributed by atoms with Crippen molar-refractivity contribution in [3.63, 3.8) is 0 Å². The predicted octanol–water partition coefficient (Wildman–Crippen LogP) is 1.71. The van der Waals surface area contributed by atoms with E-state index in [0.29, 0.717) is 23.4 Å². The highest BCUT2D eigenvalue weighted by Gasteiger charge is 2.43. The first-order valence-electron chi connectivity index (χ1n) is 13.1. The number of nitrogens with zero attached hydrogens (tertiary/aromatic N) is 6. The van der Waals surface area contributed by atoms with Crippen LogP contribution in [0.1, 0.15) is 49.1 Å². The Kier molecular flexibility index (Phi) is 5.24. The number of hydrogen-bond donors (Lipinski definition) is 2. The summed E-state index contributed by atoms with van der Waals surface area (Å²) in [5.41, 5.74) is 3.11. The van der Waals surface area contributed by atoms with Crippen LogP contribution in [0.2, 0.25) is 0 Å². The van der Waals surface area contributed by atoms with Crippen molar-refractivity contribution < 1.29 is 9.32 Å². The van der Waals surface area contributed by atoms with Gasteiger partial charge < -0.3 is 20.2 Å². The monoisotopic (exact) mass is 495 g/mol. The standard InChI is InChI=1S/C25H33N7O2S/c33-15-25(7-3-8-25)30-22-21-20(4-1-2-9-35(21)34)28-24(29-22)32-13-17-11-31(12-18(17)14-32)23-26-10-16-5-6-19(16)27-23/h10,17-18,33H,1-9,11-15H2,(H,28,29,30)/t17?,18?,35-/m1/s1. The van der Waals surface area contributed by atoms with E-state index in [4.69, 9.17) is 15.0 Å². The molecule has 2 N–H and O–H groups in total. The van der Waals surface area contributed by atoms with Crippen molar-refractivity contribution in [3.05, 3.63) is 23.1 Å². The number of anilines is 3. The van der Waals surface area contributed by atoms with Gasteiger partial charge in [-0.15, -0.1) is 0 Å². The molecule has 0 bridgehead atoms. The van der Waals surface area contributed by atoms with Crippen molar-refractivity contribution in [1.29, 1.82) is 0 Å². The summed E-state index contributed by atoms with van der Waals surface area (Å²) in [6, 6.07) is 0. The zero-order chi connectivity index (χ0) is 23.6. The molecule has 0 spiro atoms. The van der Waals surface area contributed by atoms with Gasteiger partial charge in [-0.3, -0.25) is 4.21 Å². The van der Waals surface area contributed by atoms with Crippen LogP contribution in [0.3, 0.4) is 0 Å². The molecule has 186 valence electrons. The van der Waals surface area contributed by atoms with Gasteiger partial charge in [-0.1, -0.05) is 0 Å². The van der Waals surface area contributed by atoms with Crippen molar-refractivity contribution in [1.82, 2.24) is 19.9 Å². The lowest BCUT2D eigenvalue weighted by Crippen LogP contribution is -2.49. The molecule has 2 saturated heterocycles. The molecule has 35 heavy (non-hydrogen) atoms. The normalized spacial score (nSPS) is 28.4. The molecule has 2 aromatic heterocycles. The fourth-order valence-electron chi connectivity index (χ4n) is 6.33. The topological polar surface area (TPSA) is 107 Å². The predicted molar refractivity (Wildman–Crippen MR) is 134 cm³/mol. The van der Waals surface area contributed by atoms with E-state index in [9.17, 15) is 9.32 Å². The molecule has 9 nitrogen and oxygen atoms in total. The van der Waals surface area contributed by atoms with E-state index in [1.807, 2.05) is 6.20 Å². The van der Waals surface area contributed by atoms with Gasteiger partial charge in [0.15, 0.2) is 0 Å². The van der Waals surface area contributed by atoms with E-state index in [2.05, 4.69) is 20.1 Å². The molecule has 2 aliphatic carbocycles. The maximum atomic E-state index is 13.1. The van der Waals surface area contributed by atoms with Crippen LogP contribution >= 0.6 is 0 Å². The molecule has 5 aliphatic rings. The largest absolute Gasteiger partial charge is 0.394 e. The van der Waals surface area contributed by atoms with E-state index in [-0.39, 0.29) is 12.1 Å². The molecule has 3 fully saturated rings. The number of aliphatic hydroxyl groups excluding tert-OH is 1. The number of rotatable bonds is 5. The molecular weight excluding hydrogens is 462 g/mol. The lowest BCUT2D eigenvalue weighted by molar-refractivity contribution is 0.143. The number of aryl methyl sites for hydroxylation is 3. The van der Waals surface area contributed by atoms with Crippen LogP contribution in [0.25, 0.3) is 0 Å². The Bertz CT molecular complexity index is 1170. The second-order valence-corrected chi connectivity index (χ2v) is 12.6. The molecule has 2 unspecified atom stereocenters. The van der Waals surface area contributed by atoms with Crippen molar-refractivity contribution in [2.45, 2.75) is 61.8 Å². The quantitative estimate of drug-likeness (QED) is 0.641. The van der Waals surface area contributed by atoms with E-state index >= 15 is 0 Å². The minimum absolute atomic E-state index is 0.0716. The van der Waals surface area contributed by atoms with Crippen LogP contribution in [0, 0.1) is 11.8 Å². The summed E-state index contributed by atoms with van der Waals surface area (Å²) < 4.78 is 13.1. The van der Waals surface area contributed by atoms with E-state index in [1.54, 1.807) is 0 Å². The van der Waals surface area contributed by atoms with Crippen molar-refractivity contribution in [3.8, 4) is 0 Å². The average molecular weight is 496 g/mol. The smallest absolute Gasteiger partial charge is 0.227 e.